The van der Waals surface area contributed by atoms with Gasteiger partial charge in [-0.3, -0.25) is 14.2 Å². The maximum atomic E-state index is 14.0. The van der Waals surface area contributed by atoms with Crippen LogP contribution in [-0.2, 0) is 4.79 Å². The van der Waals surface area contributed by atoms with Gasteiger partial charge in [0, 0.05) is 6.54 Å². The molecule has 7 nitrogen and oxygen atoms in total. The van der Waals surface area contributed by atoms with Crippen molar-refractivity contribution in [3.63, 3.8) is 0 Å². The van der Waals surface area contributed by atoms with E-state index in [0.717, 1.165) is 25.7 Å². The average Bonchev–Trinajstić information content (AvgIpc) is 2.97. The lowest BCUT2D eigenvalue weighted by Gasteiger charge is -2.31. The van der Waals surface area contributed by atoms with Crippen molar-refractivity contribution in [1.82, 2.24) is 14.5 Å². The molecule has 0 radical (unpaired) electrons. The van der Waals surface area contributed by atoms with Crippen molar-refractivity contribution in [2.75, 3.05) is 19.8 Å². The molecule has 0 saturated heterocycles. The lowest BCUT2D eigenvalue weighted by atomic mass is 10.1. The van der Waals surface area contributed by atoms with Crippen LogP contribution < -0.4 is 15.0 Å². The molecule has 7 heteroatoms. The standard InChI is InChI=1S/C32H37N3O4/c1-4-6-7-15-22-34(30(36)23-39-25-16-9-8-10-17-25)24(3)31-33-27-19-12-11-18-26(27)32(37)35(31)28-20-13-14-21-29(28)38-5-2/h8-14,16-21,24H,4-7,15,22-23H2,1-3H3. The molecular formula is C32H37N3O4. The van der Waals surface area contributed by atoms with Gasteiger partial charge in [0.25, 0.3) is 11.5 Å². The number of carbonyl (C=O) groups excluding carboxylic acids is 1. The molecule has 0 N–H and O–H groups in total. The third-order valence-corrected chi connectivity index (χ3v) is 6.73. The second-order valence-electron chi connectivity index (χ2n) is 9.45. The summed E-state index contributed by atoms with van der Waals surface area (Å²) in [5.41, 5.74) is 0.991. The first-order chi connectivity index (χ1) is 19.0. The molecule has 204 valence electrons. The van der Waals surface area contributed by atoms with Crippen LogP contribution in [0.1, 0.15) is 58.3 Å². The zero-order valence-corrected chi connectivity index (χ0v) is 23.0. The monoisotopic (exact) mass is 527 g/mol. The number of fused-ring (bicyclic) bond motifs is 1. The molecule has 39 heavy (non-hydrogen) atoms. The molecule has 0 aliphatic rings. The Bertz CT molecular complexity index is 1430. The van der Waals surface area contributed by atoms with Crippen molar-refractivity contribution < 1.29 is 14.3 Å². The molecule has 0 spiro atoms. The van der Waals surface area contributed by atoms with Crippen LogP contribution in [0.4, 0.5) is 0 Å². The topological polar surface area (TPSA) is 73.7 Å². The van der Waals surface area contributed by atoms with Crippen LogP contribution in [0.5, 0.6) is 11.5 Å². The van der Waals surface area contributed by atoms with E-state index in [1.165, 1.54) is 0 Å². The first-order valence-electron chi connectivity index (χ1n) is 13.8. The quantitative estimate of drug-likeness (QED) is 0.190. The molecule has 1 amide bonds. The summed E-state index contributed by atoms with van der Waals surface area (Å²) >= 11 is 0. The summed E-state index contributed by atoms with van der Waals surface area (Å²) in [7, 11) is 0. The fraction of sp³-hybridized carbons (Fsp3) is 0.344. The Balaban J connectivity index is 1.78. The Kier molecular flexibility index (Phi) is 9.73. The number of rotatable bonds is 13. The van der Waals surface area contributed by atoms with Gasteiger partial charge >= 0.3 is 0 Å². The van der Waals surface area contributed by atoms with Gasteiger partial charge in [0.1, 0.15) is 17.3 Å². The number of benzene rings is 3. The molecule has 3 aromatic carbocycles. The number of carbonyl (C=O) groups is 1. The summed E-state index contributed by atoms with van der Waals surface area (Å²) in [5.74, 6) is 1.54. The molecule has 1 atom stereocenters. The van der Waals surface area contributed by atoms with Gasteiger partial charge in [0.05, 0.1) is 29.2 Å². The third kappa shape index (κ3) is 6.66. The molecule has 1 aromatic heterocycles. The van der Waals surface area contributed by atoms with Crippen LogP contribution in [0.2, 0.25) is 0 Å². The van der Waals surface area contributed by atoms with Crippen molar-refractivity contribution in [1.29, 1.82) is 0 Å². The summed E-state index contributed by atoms with van der Waals surface area (Å²) in [6.45, 7) is 6.88. The van der Waals surface area contributed by atoms with E-state index in [1.54, 1.807) is 15.5 Å². The number of hydrogen-bond acceptors (Lipinski definition) is 5. The van der Waals surface area contributed by atoms with Crippen LogP contribution in [0, 0.1) is 0 Å². The first kappa shape index (κ1) is 27.9. The fourth-order valence-corrected chi connectivity index (χ4v) is 4.71. The fourth-order valence-electron chi connectivity index (χ4n) is 4.71. The van der Waals surface area contributed by atoms with Crippen LogP contribution >= 0.6 is 0 Å². The van der Waals surface area contributed by atoms with Gasteiger partial charge in [-0.15, -0.1) is 0 Å². The predicted octanol–water partition coefficient (Wildman–Crippen LogP) is 6.33. The molecule has 0 bridgehead atoms. The summed E-state index contributed by atoms with van der Waals surface area (Å²) in [4.78, 5) is 34.3. The molecule has 0 aliphatic carbocycles. The van der Waals surface area contributed by atoms with Gasteiger partial charge in [0.15, 0.2) is 6.61 Å². The summed E-state index contributed by atoms with van der Waals surface area (Å²) < 4.78 is 13.3. The lowest BCUT2D eigenvalue weighted by Crippen LogP contribution is -2.40. The number of aromatic nitrogens is 2. The van der Waals surface area contributed by atoms with Gasteiger partial charge in [-0.05, 0) is 56.7 Å². The Morgan fingerprint density at radius 1 is 0.897 bits per heavy atom. The first-order valence-corrected chi connectivity index (χ1v) is 13.8. The van der Waals surface area contributed by atoms with Crippen LogP contribution in [-0.4, -0.2) is 40.1 Å². The second-order valence-corrected chi connectivity index (χ2v) is 9.45. The Labute approximate surface area is 230 Å². The molecule has 1 heterocycles. The molecule has 4 aromatic rings. The summed E-state index contributed by atoms with van der Waals surface area (Å²) in [6.07, 6.45) is 4.05. The van der Waals surface area contributed by atoms with E-state index in [-0.39, 0.29) is 18.1 Å². The van der Waals surface area contributed by atoms with Crippen molar-refractivity contribution >= 4 is 16.8 Å². The highest BCUT2D eigenvalue weighted by atomic mass is 16.5. The SMILES string of the molecule is CCCCCCN(C(=O)COc1ccccc1)C(C)c1nc2ccccc2c(=O)n1-c1ccccc1OCC. The van der Waals surface area contributed by atoms with Gasteiger partial charge in [-0.25, -0.2) is 4.98 Å². The minimum Gasteiger partial charge on any atom is -0.492 e. The smallest absolute Gasteiger partial charge is 0.266 e. The van der Waals surface area contributed by atoms with Crippen molar-refractivity contribution in [3.05, 3.63) is 95.0 Å². The second kappa shape index (κ2) is 13.6. The minimum absolute atomic E-state index is 0.102. The Morgan fingerprint density at radius 3 is 2.38 bits per heavy atom. The molecule has 4 rings (SSSR count). The highest BCUT2D eigenvalue weighted by molar-refractivity contribution is 5.79. The van der Waals surface area contributed by atoms with E-state index in [4.69, 9.17) is 14.5 Å². The van der Waals surface area contributed by atoms with E-state index in [9.17, 15) is 9.59 Å². The third-order valence-electron chi connectivity index (χ3n) is 6.73. The average molecular weight is 528 g/mol. The van der Waals surface area contributed by atoms with Gasteiger partial charge < -0.3 is 14.4 Å². The summed E-state index contributed by atoms with van der Waals surface area (Å²) in [6, 6.07) is 23.6. The van der Waals surface area contributed by atoms with E-state index in [0.29, 0.717) is 47.1 Å². The molecule has 0 saturated carbocycles. The highest BCUT2D eigenvalue weighted by Gasteiger charge is 2.28. The Morgan fingerprint density at radius 2 is 1.62 bits per heavy atom. The largest absolute Gasteiger partial charge is 0.492 e. The molecular weight excluding hydrogens is 490 g/mol. The molecule has 0 aliphatic heterocycles. The zero-order chi connectivity index (χ0) is 27.6. The van der Waals surface area contributed by atoms with Crippen molar-refractivity contribution in [2.24, 2.45) is 0 Å². The number of amides is 1. The van der Waals surface area contributed by atoms with E-state index in [1.807, 2.05) is 86.6 Å². The normalized spacial score (nSPS) is 11.8. The van der Waals surface area contributed by atoms with Crippen LogP contribution in [0.3, 0.4) is 0 Å². The summed E-state index contributed by atoms with van der Waals surface area (Å²) in [5, 5.41) is 0.507. The zero-order valence-electron chi connectivity index (χ0n) is 23.0. The van der Waals surface area contributed by atoms with Gasteiger partial charge in [0.2, 0.25) is 0 Å². The number of unbranched alkanes of at least 4 members (excludes halogenated alkanes) is 3. The number of ether oxygens (including phenoxy) is 2. The van der Waals surface area contributed by atoms with E-state index >= 15 is 0 Å². The Hall–Kier alpha value is -4.13. The highest BCUT2D eigenvalue weighted by Crippen LogP contribution is 2.28. The predicted molar refractivity (Wildman–Crippen MR) is 155 cm³/mol. The molecule has 0 fully saturated rings. The maximum absolute atomic E-state index is 14.0. The van der Waals surface area contributed by atoms with E-state index < -0.39 is 6.04 Å². The van der Waals surface area contributed by atoms with Crippen LogP contribution in [0.25, 0.3) is 16.6 Å². The van der Waals surface area contributed by atoms with Crippen molar-refractivity contribution in [3.8, 4) is 17.2 Å². The minimum atomic E-state index is -0.495. The number of hydrogen-bond donors (Lipinski definition) is 0. The van der Waals surface area contributed by atoms with Gasteiger partial charge in [-0.2, -0.15) is 0 Å². The van der Waals surface area contributed by atoms with E-state index in [2.05, 4.69) is 6.92 Å². The van der Waals surface area contributed by atoms with Gasteiger partial charge in [-0.1, -0.05) is 68.7 Å². The van der Waals surface area contributed by atoms with Crippen molar-refractivity contribution in [2.45, 2.75) is 52.5 Å². The number of nitrogens with zero attached hydrogens (tertiary/aromatic N) is 3. The molecule has 1 unspecified atom stereocenters. The number of para-hydroxylation sites is 4. The van der Waals surface area contributed by atoms with Crippen LogP contribution in [0.15, 0.2) is 83.7 Å². The maximum Gasteiger partial charge on any atom is 0.266 e. The lowest BCUT2D eigenvalue weighted by molar-refractivity contribution is -0.135.